The molecule has 1 aromatic carbocycles. The van der Waals surface area contributed by atoms with Gasteiger partial charge >= 0.3 is 11.8 Å². The Labute approximate surface area is 224 Å². The molecule has 1 N–H and O–H groups in total. The monoisotopic (exact) mass is 562 g/mol. The Morgan fingerprint density at radius 3 is 2.37 bits per heavy atom. The number of hydrogen-bond acceptors (Lipinski definition) is 10. The Hall–Kier alpha value is -4.15. The van der Waals surface area contributed by atoms with Crippen LogP contribution in [0.5, 0.6) is 11.6 Å². The largest absolute Gasteiger partial charge is 0.510 e. The second-order valence-electron chi connectivity index (χ2n) is 8.60. The average molecular weight is 563 g/mol. The van der Waals surface area contributed by atoms with Crippen molar-refractivity contribution in [3.63, 3.8) is 0 Å². The fourth-order valence-electron chi connectivity index (χ4n) is 3.28. The van der Waals surface area contributed by atoms with Crippen molar-refractivity contribution in [2.75, 3.05) is 0 Å². The molecule has 4 rings (SSSR count). The fourth-order valence-corrected chi connectivity index (χ4v) is 3.83. The molecular formula is C23H20Cl2N6O7. The van der Waals surface area contributed by atoms with Gasteiger partial charge in [-0.05, 0) is 37.8 Å². The van der Waals surface area contributed by atoms with Crippen LogP contribution >= 0.6 is 23.2 Å². The van der Waals surface area contributed by atoms with Gasteiger partial charge in [0.05, 0.1) is 15.7 Å². The molecule has 3 aromatic rings. The predicted octanol–water partition coefficient (Wildman–Crippen LogP) is 3.41. The van der Waals surface area contributed by atoms with Gasteiger partial charge in [0.2, 0.25) is 11.6 Å². The summed E-state index contributed by atoms with van der Waals surface area (Å²) in [6.07, 6.45) is -0.694. The number of halogens is 2. The Kier molecular flexibility index (Phi) is 7.56. The quantitative estimate of drug-likeness (QED) is 0.420. The summed E-state index contributed by atoms with van der Waals surface area (Å²) in [7, 11) is 0. The van der Waals surface area contributed by atoms with Crippen molar-refractivity contribution in [1.29, 1.82) is 5.26 Å². The van der Waals surface area contributed by atoms with Gasteiger partial charge in [0.15, 0.2) is 12.0 Å². The SMILES string of the molecule is CC(C)c1cc(Oc2c(Cl)cc(-n3nc(C#N)c(=O)[nH]c3=O)cc2Cl)nn(C(C)OC(=O)OC2CC2)c1=O. The first-order valence-corrected chi connectivity index (χ1v) is 12.1. The lowest BCUT2D eigenvalue weighted by atomic mass is 10.1. The molecule has 0 bridgehead atoms. The van der Waals surface area contributed by atoms with E-state index in [4.69, 9.17) is 42.7 Å². The summed E-state index contributed by atoms with van der Waals surface area (Å²) >= 11 is 12.8. The van der Waals surface area contributed by atoms with Gasteiger partial charge in [-0.25, -0.2) is 9.59 Å². The molecule has 1 saturated carbocycles. The number of aromatic nitrogens is 5. The van der Waals surface area contributed by atoms with E-state index in [1.54, 1.807) is 19.9 Å². The summed E-state index contributed by atoms with van der Waals surface area (Å²) in [5.41, 5.74) is -2.53. The number of H-pyrrole nitrogens is 1. The van der Waals surface area contributed by atoms with Gasteiger partial charge in [-0.3, -0.25) is 14.6 Å². The average Bonchev–Trinajstić information content (AvgIpc) is 3.65. The van der Waals surface area contributed by atoms with E-state index in [0.717, 1.165) is 22.2 Å². The Bertz CT molecular complexity index is 1610. The van der Waals surface area contributed by atoms with Crippen LogP contribution in [0.2, 0.25) is 10.0 Å². The Morgan fingerprint density at radius 2 is 1.79 bits per heavy atom. The zero-order chi connectivity index (χ0) is 27.7. The molecular weight excluding hydrogens is 543 g/mol. The molecule has 0 saturated heterocycles. The molecule has 1 aliphatic carbocycles. The molecule has 0 spiro atoms. The van der Waals surface area contributed by atoms with Crippen molar-refractivity contribution in [2.24, 2.45) is 0 Å². The lowest BCUT2D eigenvalue weighted by molar-refractivity contribution is -0.00716. The van der Waals surface area contributed by atoms with Gasteiger partial charge < -0.3 is 14.2 Å². The first-order chi connectivity index (χ1) is 18.0. The minimum atomic E-state index is -1.12. The van der Waals surface area contributed by atoms with E-state index in [2.05, 4.69) is 10.2 Å². The van der Waals surface area contributed by atoms with E-state index in [-0.39, 0.29) is 39.4 Å². The zero-order valence-electron chi connectivity index (χ0n) is 20.2. The molecule has 198 valence electrons. The van der Waals surface area contributed by atoms with Gasteiger partial charge in [-0.15, -0.1) is 10.2 Å². The zero-order valence-corrected chi connectivity index (χ0v) is 21.7. The van der Waals surface area contributed by atoms with E-state index in [1.165, 1.54) is 25.1 Å². The molecule has 0 aliphatic heterocycles. The third-order valence-electron chi connectivity index (χ3n) is 5.33. The molecule has 0 radical (unpaired) electrons. The van der Waals surface area contributed by atoms with E-state index >= 15 is 0 Å². The second kappa shape index (κ2) is 10.7. The van der Waals surface area contributed by atoms with Crippen LogP contribution in [0.4, 0.5) is 4.79 Å². The normalized spacial score (nSPS) is 13.6. The summed E-state index contributed by atoms with van der Waals surface area (Å²) in [4.78, 5) is 50.8. The van der Waals surface area contributed by atoms with Crippen molar-refractivity contribution >= 4 is 29.4 Å². The van der Waals surface area contributed by atoms with Gasteiger partial charge in [-0.1, -0.05) is 37.0 Å². The lowest BCUT2D eigenvalue weighted by Crippen LogP contribution is -2.33. The standard InChI is InChI=1S/C23H20Cl2N6O7/c1-10(2)14-8-18(29-30(21(14)33)11(3)36-23(35)37-13-4-5-13)38-19-15(24)6-12(7-16(19)25)31-22(34)27-20(32)17(9-26)28-31/h6-8,10-11,13H,4-5H2,1-3H3,(H,27,32,34). The highest BCUT2D eigenvalue weighted by atomic mass is 35.5. The highest BCUT2D eigenvalue weighted by Gasteiger charge is 2.28. The number of nitrogens with zero attached hydrogens (tertiary/aromatic N) is 5. The Morgan fingerprint density at radius 1 is 1.13 bits per heavy atom. The molecule has 15 heteroatoms. The van der Waals surface area contributed by atoms with E-state index < -0.39 is 34.9 Å². The van der Waals surface area contributed by atoms with E-state index in [1.807, 2.05) is 4.98 Å². The number of benzene rings is 1. The van der Waals surface area contributed by atoms with Crippen molar-refractivity contribution in [3.05, 3.63) is 70.7 Å². The molecule has 1 fully saturated rings. The summed E-state index contributed by atoms with van der Waals surface area (Å²) in [6, 6.07) is 5.54. The number of ether oxygens (including phenoxy) is 3. The molecule has 1 atom stereocenters. The minimum Gasteiger partial charge on any atom is -0.434 e. The number of rotatable bonds is 7. The van der Waals surface area contributed by atoms with Crippen LogP contribution in [0.25, 0.3) is 5.69 Å². The van der Waals surface area contributed by atoms with Crippen molar-refractivity contribution in [3.8, 4) is 23.4 Å². The van der Waals surface area contributed by atoms with Crippen LogP contribution in [0.1, 0.15) is 57.0 Å². The second-order valence-corrected chi connectivity index (χ2v) is 9.41. The summed E-state index contributed by atoms with van der Waals surface area (Å²) < 4.78 is 17.8. The van der Waals surface area contributed by atoms with Gasteiger partial charge in [0.25, 0.3) is 11.1 Å². The van der Waals surface area contributed by atoms with Crippen molar-refractivity contribution in [2.45, 2.75) is 51.9 Å². The van der Waals surface area contributed by atoms with Gasteiger partial charge in [0, 0.05) is 11.6 Å². The molecule has 38 heavy (non-hydrogen) atoms. The van der Waals surface area contributed by atoms with Crippen LogP contribution in [-0.2, 0) is 9.47 Å². The minimum absolute atomic E-state index is 0.0436. The first-order valence-electron chi connectivity index (χ1n) is 11.3. The summed E-state index contributed by atoms with van der Waals surface area (Å²) in [5.74, 6) is -0.392. The maximum atomic E-state index is 13.0. The van der Waals surface area contributed by atoms with Crippen molar-refractivity contribution < 1.29 is 19.0 Å². The molecule has 1 aliphatic rings. The smallest absolute Gasteiger partial charge is 0.434 e. The van der Waals surface area contributed by atoms with Crippen molar-refractivity contribution in [1.82, 2.24) is 24.5 Å². The molecule has 0 amide bonds. The predicted molar refractivity (Wildman–Crippen MR) is 133 cm³/mol. The number of carbonyl (C=O) groups is 1. The highest BCUT2D eigenvalue weighted by Crippen LogP contribution is 2.38. The molecule has 13 nitrogen and oxygen atoms in total. The number of nitriles is 1. The van der Waals surface area contributed by atoms with E-state index in [9.17, 15) is 19.2 Å². The molecule has 1 unspecified atom stereocenters. The topological polar surface area (TPSA) is 171 Å². The third kappa shape index (κ3) is 5.71. The highest BCUT2D eigenvalue weighted by molar-refractivity contribution is 6.37. The maximum absolute atomic E-state index is 13.0. The number of carbonyl (C=O) groups excluding carboxylic acids is 1. The van der Waals surface area contributed by atoms with Gasteiger partial charge in [0.1, 0.15) is 12.2 Å². The summed E-state index contributed by atoms with van der Waals surface area (Å²) in [5, 5.41) is 16.8. The Balaban J connectivity index is 1.69. The lowest BCUT2D eigenvalue weighted by Gasteiger charge is -2.18. The van der Waals surface area contributed by atoms with Gasteiger partial charge in [-0.2, -0.15) is 14.6 Å². The third-order valence-corrected chi connectivity index (χ3v) is 5.89. The van der Waals surface area contributed by atoms with Crippen LogP contribution in [0.15, 0.2) is 32.6 Å². The molecule has 2 aromatic heterocycles. The molecule has 2 heterocycles. The van der Waals surface area contributed by atoms with Crippen LogP contribution < -0.4 is 21.5 Å². The fraction of sp³-hybridized carbons (Fsp3) is 0.348. The first kappa shape index (κ1) is 26.9. The summed E-state index contributed by atoms with van der Waals surface area (Å²) in [6.45, 7) is 5.03. The van der Waals surface area contributed by atoms with Crippen LogP contribution in [0.3, 0.4) is 0 Å². The van der Waals surface area contributed by atoms with Crippen LogP contribution in [-0.4, -0.2) is 36.8 Å². The number of aromatic amines is 1. The van der Waals surface area contributed by atoms with E-state index in [0.29, 0.717) is 5.56 Å². The van der Waals surface area contributed by atoms with Crippen LogP contribution in [0, 0.1) is 11.3 Å². The maximum Gasteiger partial charge on any atom is 0.510 e. The number of hydrogen-bond donors (Lipinski definition) is 1. The number of nitrogens with one attached hydrogen (secondary N) is 1.